The standard InChI is InChI=1S/C17H15N3O3/c18-9-10-5-6-13(12-4-2-1-3-11(10)12)20-16(22)15-14(21)7-8-19(15)17(20)23/h1-6,14-16,21-22H,7-8H2/t14-,15+,16?/m0/s1. The lowest BCUT2D eigenvalue weighted by molar-refractivity contribution is 0.0593. The maximum atomic E-state index is 12.7. The van der Waals surface area contributed by atoms with Gasteiger partial charge in [0.1, 0.15) is 6.04 Å². The van der Waals surface area contributed by atoms with Gasteiger partial charge in [-0.05, 0) is 18.6 Å². The van der Waals surface area contributed by atoms with Gasteiger partial charge in [-0.3, -0.25) is 4.90 Å². The fraction of sp³-hybridized carbons (Fsp3) is 0.294. The van der Waals surface area contributed by atoms with Gasteiger partial charge in [-0.15, -0.1) is 0 Å². The number of hydrogen-bond donors (Lipinski definition) is 2. The molecule has 2 aliphatic rings. The molecule has 0 radical (unpaired) electrons. The molecule has 3 atom stereocenters. The first-order valence-corrected chi connectivity index (χ1v) is 7.51. The number of rotatable bonds is 1. The number of carbonyl (C=O) groups is 1. The van der Waals surface area contributed by atoms with Crippen molar-refractivity contribution in [3.05, 3.63) is 42.0 Å². The second-order valence-corrected chi connectivity index (χ2v) is 5.90. The fourth-order valence-electron chi connectivity index (χ4n) is 3.62. The minimum Gasteiger partial charge on any atom is -0.391 e. The maximum Gasteiger partial charge on any atom is 0.327 e. The van der Waals surface area contributed by atoms with Crippen LogP contribution in [0, 0.1) is 11.3 Å². The summed E-state index contributed by atoms with van der Waals surface area (Å²) in [5.74, 6) is 0. The van der Waals surface area contributed by atoms with Gasteiger partial charge in [0.25, 0.3) is 0 Å². The van der Waals surface area contributed by atoms with Crippen molar-refractivity contribution in [2.75, 3.05) is 11.4 Å². The highest BCUT2D eigenvalue weighted by atomic mass is 16.3. The van der Waals surface area contributed by atoms with Gasteiger partial charge >= 0.3 is 6.03 Å². The summed E-state index contributed by atoms with van der Waals surface area (Å²) in [6, 6.07) is 11.9. The topological polar surface area (TPSA) is 87.8 Å². The van der Waals surface area contributed by atoms with E-state index in [-0.39, 0.29) is 6.03 Å². The minimum absolute atomic E-state index is 0.311. The van der Waals surface area contributed by atoms with Gasteiger partial charge in [-0.25, -0.2) is 4.79 Å². The van der Waals surface area contributed by atoms with E-state index in [1.165, 1.54) is 9.80 Å². The smallest absolute Gasteiger partial charge is 0.327 e. The molecule has 6 heteroatoms. The molecule has 23 heavy (non-hydrogen) atoms. The second kappa shape index (κ2) is 4.95. The molecular formula is C17H15N3O3. The molecule has 2 aromatic carbocycles. The van der Waals surface area contributed by atoms with E-state index in [1.807, 2.05) is 24.3 Å². The largest absolute Gasteiger partial charge is 0.391 e. The number of carbonyl (C=O) groups excluding carboxylic acids is 1. The first-order chi connectivity index (χ1) is 11.1. The number of hydrogen-bond acceptors (Lipinski definition) is 4. The maximum absolute atomic E-state index is 12.7. The van der Waals surface area contributed by atoms with Crippen LogP contribution in [0.3, 0.4) is 0 Å². The normalized spacial score (nSPS) is 26.7. The molecule has 0 bridgehead atoms. The zero-order valence-electron chi connectivity index (χ0n) is 12.3. The Morgan fingerprint density at radius 1 is 1.13 bits per heavy atom. The van der Waals surface area contributed by atoms with Crippen LogP contribution in [0.1, 0.15) is 12.0 Å². The molecule has 0 saturated carbocycles. The van der Waals surface area contributed by atoms with Gasteiger partial charge in [-0.1, -0.05) is 24.3 Å². The molecule has 0 aliphatic carbocycles. The number of aliphatic hydroxyl groups is 2. The van der Waals surface area contributed by atoms with Crippen molar-refractivity contribution in [3.8, 4) is 6.07 Å². The molecule has 2 aliphatic heterocycles. The lowest BCUT2D eigenvalue weighted by Crippen LogP contribution is -2.41. The van der Waals surface area contributed by atoms with E-state index < -0.39 is 18.4 Å². The number of aliphatic hydroxyl groups excluding tert-OH is 2. The Morgan fingerprint density at radius 3 is 2.57 bits per heavy atom. The number of urea groups is 1. The van der Waals surface area contributed by atoms with Crippen LogP contribution >= 0.6 is 0 Å². The Kier molecular flexibility index (Phi) is 3.01. The second-order valence-electron chi connectivity index (χ2n) is 5.90. The van der Waals surface area contributed by atoms with Crippen molar-refractivity contribution in [1.82, 2.24) is 4.90 Å². The predicted molar refractivity (Wildman–Crippen MR) is 83.7 cm³/mol. The minimum atomic E-state index is -1.10. The van der Waals surface area contributed by atoms with Crippen LogP contribution in [0.25, 0.3) is 10.8 Å². The molecule has 2 fully saturated rings. The number of fused-ring (bicyclic) bond motifs is 2. The van der Waals surface area contributed by atoms with Crippen LogP contribution in [-0.4, -0.2) is 46.1 Å². The molecular weight excluding hydrogens is 294 g/mol. The first kappa shape index (κ1) is 14.0. The van der Waals surface area contributed by atoms with E-state index in [2.05, 4.69) is 6.07 Å². The van der Waals surface area contributed by atoms with Crippen molar-refractivity contribution in [2.45, 2.75) is 24.8 Å². The molecule has 0 spiro atoms. The van der Waals surface area contributed by atoms with E-state index in [1.54, 1.807) is 12.1 Å². The number of nitrogens with zero attached hydrogens (tertiary/aromatic N) is 3. The van der Waals surface area contributed by atoms with Crippen LogP contribution < -0.4 is 4.90 Å². The van der Waals surface area contributed by atoms with E-state index in [0.29, 0.717) is 24.2 Å². The van der Waals surface area contributed by atoms with Crippen LogP contribution in [0.15, 0.2) is 36.4 Å². The third kappa shape index (κ3) is 1.84. The summed E-state index contributed by atoms with van der Waals surface area (Å²) in [5.41, 5.74) is 1.07. The van der Waals surface area contributed by atoms with E-state index in [9.17, 15) is 20.3 Å². The molecule has 116 valence electrons. The summed E-state index contributed by atoms with van der Waals surface area (Å²) in [6.07, 6.45) is -1.34. The Morgan fingerprint density at radius 2 is 1.87 bits per heavy atom. The van der Waals surface area contributed by atoms with Gasteiger partial charge in [0.05, 0.1) is 23.4 Å². The number of anilines is 1. The van der Waals surface area contributed by atoms with Crippen LogP contribution in [0.5, 0.6) is 0 Å². The van der Waals surface area contributed by atoms with Crippen molar-refractivity contribution in [2.24, 2.45) is 0 Å². The monoisotopic (exact) mass is 309 g/mol. The summed E-state index contributed by atoms with van der Waals surface area (Å²) in [7, 11) is 0. The highest BCUT2D eigenvalue weighted by molar-refractivity contribution is 6.06. The van der Waals surface area contributed by atoms with Crippen molar-refractivity contribution >= 4 is 22.5 Å². The summed E-state index contributed by atoms with van der Waals surface area (Å²) in [6.45, 7) is 0.437. The van der Waals surface area contributed by atoms with Crippen molar-refractivity contribution in [1.29, 1.82) is 5.26 Å². The van der Waals surface area contributed by atoms with Crippen LogP contribution in [0.2, 0.25) is 0 Å². The van der Waals surface area contributed by atoms with Gasteiger partial charge < -0.3 is 15.1 Å². The molecule has 6 nitrogen and oxygen atoms in total. The average molecular weight is 309 g/mol. The lowest BCUT2D eigenvalue weighted by atomic mass is 10.0. The molecule has 1 unspecified atom stereocenters. The third-order valence-electron chi connectivity index (χ3n) is 4.72. The van der Waals surface area contributed by atoms with Crippen LogP contribution in [-0.2, 0) is 0 Å². The van der Waals surface area contributed by atoms with Crippen molar-refractivity contribution in [3.63, 3.8) is 0 Å². The van der Waals surface area contributed by atoms with E-state index >= 15 is 0 Å². The Balaban J connectivity index is 1.88. The highest BCUT2D eigenvalue weighted by Crippen LogP contribution is 2.38. The number of nitriles is 1. The summed E-state index contributed by atoms with van der Waals surface area (Å²) in [5, 5.41) is 31.3. The summed E-state index contributed by atoms with van der Waals surface area (Å²) < 4.78 is 0. The van der Waals surface area contributed by atoms with Crippen LogP contribution in [0.4, 0.5) is 10.5 Å². The van der Waals surface area contributed by atoms with Crippen molar-refractivity contribution < 1.29 is 15.0 Å². The molecule has 0 aromatic heterocycles. The summed E-state index contributed by atoms with van der Waals surface area (Å²) >= 11 is 0. The van der Waals surface area contributed by atoms with Gasteiger partial charge in [-0.2, -0.15) is 5.26 Å². The Hall–Kier alpha value is -2.62. The van der Waals surface area contributed by atoms with E-state index in [0.717, 1.165) is 10.8 Å². The SMILES string of the molecule is N#Cc1ccc(N2C(=O)N3CC[C@H](O)[C@@H]3C2O)c2ccccc12. The molecule has 2 aromatic rings. The van der Waals surface area contributed by atoms with Gasteiger partial charge in [0.15, 0.2) is 6.23 Å². The van der Waals surface area contributed by atoms with Gasteiger partial charge in [0, 0.05) is 17.3 Å². The fourth-order valence-corrected chi connectivity index (χ4v) is 3.62. The zero-order chi connectivity index (χ0) is 16.1. The Labute approximate surface area is 132 Å². The lowest BCUT2D eigenvalue weighted by Gasteiger charge is -2.24. The summed E-state index contributed by atoms with van der Waals surface area (Å²) in [4.78, 5) is 15.5. The predicted octanol–water partition coefficient (Wildman–Crippen LogP) is 1.41. The molecule has 2 heterocycles. The highest BCUT2D eigenvalue weighted by Gasteiger charge is 2.52. The zero-order valence-corrected chi connectivity index (χ0v) is 12.3. The van der Waals surface area contributed by atoms with E-state index in [4.69, 9.17) is 0 Å². The molecule has 2 amide bonds. The third-order valence-corrected chi connectivity index (χ3v) is 4.72. The Bertz CT molecular complexity index is 845. The number of benzene rings is 2. The quantitative estimate of drug-likeness (QED) is 0.833. The molecule has 2 N–H and O–H groups in total. The average Bonchev–Trinajstić information content (AvgIpc) is 3.07. The number of amides is 2. The first-order valence-electron chi connectivity index (χ1n) is 7.51. The van der Waals surface area contributed by atoms with Gasteiger partial charge in [0.2, 0.25) is 0 Å². The molecule has 2 saturated heterocycles. The molecule has 4 rings (SSSR count).